The van der Waals surface area contributed by atoms with Crippen LogP contribution < -0.4 is 5.32 Å². The molecule has 1 N–H and O–H groups in total. The zero-order valence-electron chi connectivity index (χ0n) is 12.0. The number of nitrogens with one attached hydrogen (secondary N) is 1. The van der Waals surface area contributed by atoms with E-state index in [-0.39, 0.29) is 0 Å². The van der Waals surface area contributed by atoms with Crippen LogP contribution in [-0.4, -0.2) is 62.2 Å². The van der Waals surface area contributed by atoms with Crippen molar-refractivity contribution in [1.29, 1.82) is 0 Å². The number of hydrogen-bond acceptors (Lipinski definition) is 3. The molecule has 0 atom stereocenters. The van der Waals surface area contributed by atoms with Crippen LogP contribution in [-0.2, 0) is 0 Å². The monoisotopic (exact) mass is 241 g/mol. The molecular formula is C14H31N3. The Labute approximate surface area is 108 Å². The van der Waals surface area contributed by atoms with Gasteiger partial charge in [-0.15, -0.1) is 0 Å². The molecule has 1 heterocycles. The zero-order chi connectivity index (χ0) is 12.5. The Morgan fingerprint density at radius 2 is 1.65 bits per heavy atom. The fourth-order valence-electron chi connectivity index (χ4n) is 2.31. The molecule has 1 aliphatic heterocycles. The molecule has 0 aromatic rings. The summed E-state index contributed by atoms with van der Waals surface area (Å²) >= 11 is 0. The standard InChI is InChI=1S/C14H31N3/c1-4-16-9-11-17(12-10-16)8-6-5-7-15-13-14(2)3/h14-15H,4-13H2,1-3H3. The van der Waals surface area contributed by atoms with Gasteiger partial charge in [0.05, 0.1) is 0 Å². The highest BCUT2D eigenvalue weighted by atomic mass is 15.3. The first-order chi connectivity index (χ1) is 8.22. The molecule has 0 aliphatic carbocycles. The molecule has 0 aromatic carbocycles. The van der Waals surface area contributed by atoms with E-state index in [1.54, 1.807) is 0 Å². The first-order valence-corrected chi connectivity index (χ1v) is 7.37. The molecule has 17 heavy (non-hydrogen) atoms. The highest BCUT2D eigenvalue weighted by Crippen LogP contribution is 2.02. The molecule has 0 saturated carbocycles. The molecular weight excluding hydrogens is 210 g/mol. The van der Waals surface area contributed by atoms with Gasteiger partial charge in [-0.1, -0.05) is 20.8 Å². The minimum absolute atomic E-state index is 0.775. The van der Waals surface area contributed by atoms with E-state index in [1.165, 1.54) is 58.7 Å². The Hall–Kier alpha value is -0.120. The van der Waals surface area contributed by atoms with Gasteiger partial charge in [0.25, 0.3) is 0 Å². The third-order valence-electron chi connectivity index (χ3n) is 3.54. The summed E-state index contributed by atoms with van der Waals surface area (Å²) in [5, 5.41) is 3.51. The maximum absolute atomic E-state index is 3.51. The van der Waals surface area contributed by atoms with Gasteiger partial charge < -0.3 is 15.1 Å². The van der Waals surface area contributed by atoms with Crippen LogP contribution in [0.5, 0.6) is 0 Å². The minimum Gasteiger partial charge on any atom is -0.316 e. The second-order valence-electron chi connectivity index (χ2n) is 5.58. The van der Waals surface area contributed by atoms with Crippen LogP contribution in [0.15, 0.2) is 0 Å². The van der Waals surface area contributed by atoms with Gasteiger partial charge in [0.1, 0.15) is 0 Å². The van der Waals surface area contributed by atoms with Gasteiger partial charge in [-0.2, -0.15) is 0 Å². The number of unbranched alkanes of at least 4 members (excludes halogenated alkanes) is 1. The SMILES string of the molecule is CCN1CCN(CCCCNCC(C)C)CC1. The largest absolute Gasteiger partial charge is 0.316 e. The Kier molecular flexibility index (Phi) is 7.82. The molecule has 3 heteroatoms. The molecule has 0 radical (unpaired) electrons. The van der Waals surface area contributed by atoms with E-state index < -0.39 is 0 Å². The van der Waals surface area contributed by atoms with E-state index in [4.69, 9.17) is 0 Å². The van der Waals surface area contributed by atoms with Crippen molar-refractivity contribution < 1.29 is 0 Å². The van der Waals surface area contributed by atoms with E-state index in [1.807, 2.05) is 0 Å². The van der Waals surface area contributed by atoms with Gasteiger partial charge >= 0.3 is 0 Å². The lowest BCUT2D eigenvalue weighted by atomic mass is 10.2. The zero-order valence-corrected chi connectivity index (χ0v) is 12.0. The van der Waals surface area contributed by atoms with E-state index in [9.17, 15) is 0 Å². The molecule has 1 rings (SSSR count). The van der Waals surface area contributed by atoms with Crippen LogP contribution in [0, 0.1) is 5.92 Å². The third-order valence-corrected chi connectivity index (χ3v) is 3.54. The summed E-state index contributed by atoms with van der Waals surface area (Å²) in [6.07, 6.45) is 2.66. The summed E-state index contributed by atoms with van der Waals surface area (Å²) < 4.78 is 0. The van der Waals surface area contributed by atoms with Crippen molar-refractivity contribution in [2.45, 2.75) is 33.6 Å². The van der Waals surface area contributed by atoms with Crippen molar-refractivity contribution in [1.82, 2.24) is 15.1 Å². The Bertz CT molecular complexity index is 174. The molecule has 0 aromatic heterocycles. The summed E-state index contributed by atoms with van der Waals surface area (Å²) in [6.45, 7) is 16.7. The number of hydrogen-bond donors (Lipinski definition) is 1. The van der Waals surface area contributed by atoms with Crippen molar-refractivity contribution in [3.05, 3.63) is 0 Å². The number of piperazine rings is 1. The van der Waals surface area contributed by atoms with Gasteiger partial charge in [0.2, 0.25) is 0 Å². The van der Waals surface area contributed by atoms with Gasteiger partial charge in [0, 0.05) is 26.2 Å². The molecule has 1 fully saturated rings. The third kappa shape index (κ3) is 7.02. The Morgan fingerprint density at radius 3 is 2.24 bits per heavy atom. The van der Waals surface area contributed by atoms with E-state index >= 15 is 0 Å². The summed E-state index contributed by atoms with van der Waals surface area (Å²) in [7, 11) is 0. The number of rotatable bonds is 8. The lowest BCUT2D eigenvalue weighted by molar-refractivity contribution is 0.135. The van der Waals surface area contributed by atoms with Crippen molar-refractivity contribution in [3.63, 3.8) is 0 Å². The normalized spacial score (nSPS) is 19.1. The van der Waals surface area contributed by atoms with Crippen molar-refractivity contribution in [3.8, 4) is 0 Å². The summed E-state index contributed by atoms with van der Waals surface area (Å²) in [5.74, 6) is 0.775. The van der Waals surface area contributed by atoms with Gasteiger partial charge in [-0.05, 0) is 44.9 Å². The lowest BCUT2D eigenvalue weighted by Crippen LogP contribution is -2.46. The molecule has 0 bridgehead atoms. The van der Waals surface area contributed by atoms with Crippen LogP contribution in [0.2, 0.25) is 0 Å². The summed E-state index contributed by atoms with van der Waals surface area (Å²) in [5.41, 5.74) is 0. The maximum Gasteiger partial charge on any atom is 0.0110 e. The van der Waals surface area contributed by atoms with E-state index in [2.05, 4.69) is 35.9 Å². The second kappa shape index (κ2) is 8.90. The molecule has 0 unspecified atom stereocenters. The average Bonchev–Trinajstić information content (AvgIpc) is 2.34. The molecule has 0 amide bonds. The van der Waals surface area contributed by atoms with E-state index in [0.717, 1.165) is 12.5 Å². The van der Waals surface area contributed by atoms with E-state index in [0.29, 0.717) is 0 Å². The fraction of sp³-hybridized carbons (Fsp3) is 1.00. The van der Waals surface area contributed by atoms with Gasteiger partial charge in [0.15, 0.2) is 0 Å². The Balaban J connectivity index is 1.90. The van der Waals surface area contributed by atoms with Gasteiger partial charge in [-0.3, -0.25) is 0 Å². The number of likely N-dealkylation sites (N-methyl/N-ethyl adjacent to an activating group) is 1. The highest BCUT2D eigenvalue weighted by Gasteiger charge is 2.14. The smallest absolute Gasteiger partial charge is 0.0110 e. The van der Waals surface area contributed by atoms with Crippen LogP contribution in [0.1, 0.15) is 33.6 Å². The predicted molar refractivity (Wildman–Crippen MR) is 75.5 cm³/mol. The van der Waals surface area contributed by atoms with Crippen molar-refractivity contribution >= 4 is 0 Å². The topological polar surface area (TPSA) is 18.5 Å². The molecule has 0 spiro atoms. The van der Waals surface area contributed by atoms with Crippen molar-refractivity contribution in [2.75, 3.05) is 52.4 Å². The lowest BCUT2D eigenvalue weighted by Gasteiger charge is -2.34. The first kappa shape index (κ1) is 14.9. The van der Waals surface area contributed by atoms with Crippen LogP contribution >= 0.6 is 0 Å². The summed E-state index contributed by atoms with van der Waals surface area (Å²) in [4.78, 5) is 5.16. The average molecular weight is 241 g/mol. The minimum atomic E-state index is 0.775. The predicted octanol–water partition coefficient (Wildman–Crippen LogP) is 1.65. The molecule has 1 saturated heterocycles. The number of nitrogens with zero attached hydrogens (tertiary/aromatic N) is 2. The quantitative estimate of drug-likeness (QED) is 0.652. The second-order valence-corrected chi connectivity index (χ2v) is 5.58. The van der Waals surface area contributed by atoms with Crippen LogP contribution in [0.4, 0.5) is 0 Å². The molecule has 1 aliphatic rings. The van der Waals surface area contributed by atoms with Crippen LogP contribution in [0.25, 0.3) is 0 Å². The summed E-state index contributed by atoms with van der Waals surface area (Å²) in [6, 6.07) is 0. The first-order valence-electron chi connectivity index (χ1n) is 7.37. The highest BCUT2D eigenvalue weighted by molar-refractivity contribution is 4.70. The molecule has 102 valence electrons. The fourth-order valence-corrected chi connectivity index (χ4v) is 2.31. The Morgan fingerprint density at radius 1 is 1.00 bits per heavy atom. The van der Waals surface area contributed by atoms with Gasteiger partial charge in [-0.25, -0.2) is 0 Å². The maximum atomic E-state index is 3.51. The van der Waals surface area contributed by atoms with Crippen molar-refractivity contribution in [2.24, 2.45) is 5.92 Å². The van der Waals surface area contributed by atoms with Crippen LogP contribution in [0.3, 0.4) is 0 Å². The molecule has 3 nitrogen and oxygen atoms in total.